The van der Waals surface area contributed by atoms with Crippen LogP contribution < -0.4 is 5.32 Å². The maximum absolute atomic E-state index is 11.3. The van der Waals surface area contributed by atoms with E-state index in [2.05, 4.69) is 5.32 Å². The number of aliphatic hydroxyl groups excluding tert-OH is 1. The third-order valence-electron chi connectivity index (χ3n) is 2.06. The van der Waals surface area contributed by atoms with Gasteiger partial charge in [0.15, 0.2) is 0 Å². The van der Waals surface area contributed by atoms with Gasteiger partial charge in [0.25, 0.3) is 0 Å². The van der Waals surface area contributed by atoms with Gasteiger partial charge in [-0.2, -0.15) is 4.31 Å². The molecule has 0 aliphatic carbocycles. The Hall–Kier alpha value is -0.170. The van der Waals surface area contributed by atoms with E-state index in [1.54, 1.807) is 7.05 Å². The summed E-state index contributed by atoms with van der Waals surface area (Å²) in [5.74, 6) is 0.222. The molecule has 1 aliphatic rings. The Kier molecular flexibility index (Phi) is 3.66. The van der Waals surface area contributed by atoms with Crippen LogP contribution in [0.2, 0.25) is 0 Å². The molecule has 2 N–H and O–H groups in total. The summed E-state index contributed by atoms with van der Waals surface area (Å²) in [5, 5.41) is 12.2. The van der Waals surface area contributed by atoms with E-state index in [9.17, 15) is 13.5 Å². The van der Waals surface area contributed by atoms with E-state index in [4.69, 9.17) is 0 Å². The first-order chi connectivity index (χ1) is 6.06. The fourth-order valence-corrected chi connectivity index (χ4v) is 2.99. The smallest absolute Gasteiger partial charge is 0.214 e. The molecule has 0 spiro atoms. The van der Waals surface area contributed by atoms with Crippen molar-refractivity contribution in [1.29, 1.82) is 0 Å². The van der Waals surface area contributed by atoms with Gasteiger partial charge in [0, 0.05) is 19.6 Å². The fraction of sp³-hybridized carbons (Fsp3) is 1.00. The first-order valence-corrected chi connectivity index (χ1v) is 5.97. The van der Waals surface area contributed by atoms with E-state index in [0.717, 1.165) is 0 Å². The normalized spacial score (nSPS) is 24.8. The zero-order valence-corrected chi connectivity index (χ0v) is 8.55. The van der Waals surface area contributed by atoms with Crippen molar-refractivity contribution >= 4 is 10.0 Å². The summed E-state index contributed by atoms with van der Waals surface area (Å²) < 4.78 is 23.9. The number of sulfonamides is 1. The summed E-state index contributed by atoms with van der Waals surface area (Å²) in [4.78, 5) is 0. The Morgan fingerprint density at radius 3 is 2.77 bits per heavy atom. The Morgan fingerprint density at radius 1 is 1.62 bits per heavy atom. The Morgan fingerprint density at radius 2 is 2.31 bits per heavy atom. The number of hydrogen-bond donors (Lipinski definition) is 2. The molecule has 0 saturated carbocycles. The number of likely N-dealkylation sites (N-methyl/N-ethyl adjacent to an activating group) is 1. The van der Waals surface area contributed by atoms with E-state index in [0.29, 0.717) is 19.5 Å². The van der Waals surface area contributed by atoms with Gasteiger partial charge in [-0.05, 0) is 13.5 Å². The van der Waals surface area contributed by atoms with Crippen molar-refractivity contribution in [2.24, 2.45) is 0 Å². The van der Waals surface area contributed by atoms with Gasteiger partial charge < -0.3 is 10.4 Å². The van der Waals surface area contributed by atoms with Gasteiger partial charge in [0.1, 0.15) is 0 Å². The molecule has 1 heterocycles. The zero-order chi connectivity index (χ0) is 9.90. The highest BCUT2D eigenvalue weighted by molar-refractivity contribution is 7.89. The van der Waals surface area contributed by atoms with Crippen LogP contribution in [0.4, 0.5) is 0 Å². The third-order valence-corrected chi connectivity index (χ3v) is 3.98. The lowest BCUT2D eigenvalue weighted by molar-refractivity contribution is 0.148. The number of β-amino-alcohol motifs (C(OH)–C–C–N with tert-alkyl or cyclic N) is 1. The summed E-state index contributed by atoms with van der Waals surface area (Å²) in [5.41, 5.74) is 0. The maximum Gasteiger partial charge on any atom is 0.214 e. The predicted octanol–water partition coefficient (Wildman–Crippen LogP) is -1.40. The molecule has 0 aromatic carbocycles. The minimum Gasteiger partial charge on any atom is -0.390 e. The van der Waals surface area contributed by atoms with Crippen LogP contribution in [0.15, 0.2) is 0 Å². The molecule has 1 atom stereocenters. The molecule has 0 amide bonds. The minimum atomic E-state index is -3.05. The van der Waals surface area contributed by atoms with Gasteiger partial charge in [0.05, 0.1) is 11.9 Å². The van der Waals surface area contributed by atoms with Crippen LogP contribution in [0.25, 0.3) is 0 Å². The highest BCUT2D eigenvalue weighted by Crippen LogP contribution is 2.13. The maximum atomic E-state index is 11.3. The molecule has 1 fully saturated rings. The third kappa shape index (κ3) is 2.91. The fourth-order valence-electron chi connectivity index (χ4n) is 1.43. The van der Waals surface area contributed by atoms with E-state index in [-0.39, 0.29) is 12.3 Å². The molecular weight excluding hydrogens is 192 g/mol. The quantitative estimate of drug-likeness (QED) is 0.596. The summed E-state index contributed by atoms with van der Waals surface area (Å²) in [6, 6.07) is 0. The highest BCUT2D eigenvalue weighted by atomic mass is 32.2. The number of nitrogens with zero attached hydrogens (tertiary/aromatic N) is 1. The van der Waals surface area contributed by atoms with Crippen molar-refractivity contribution < 1.29 is 13.5 Å². The minimum absolute atomic E-state index is 0.211. The van der Waals surface area contributed by atoms with E-state index in [1.165, 1.54) is 4.31 Å². The molecular formula is C7H16N2O3S. The van der Waals surface area contributed by atoms with E-state index >= 15 is 0 Å². The van der Waals surface area contributed by atoms with Crippen molar-refractivity contribution in [2.45, 2.75) is 12.5 Å². The SMILES string of the molecule is CNCC(O)CN1CCCS1(=O)=O. The Balaban J connectivity index is 2.45. The molecule has 78 valence electrons. The molecule has 1 unspecified atom stereocenters. The van der Waals surface area contributed by atoms with Gasteiger partial charge in [-0.15, -0.1) is 0 Å². The van der Waals surface area contributed by atoms with Gasteiger partial charge in [-0.1, -0.05) is 0 Å². The second-order valence-corrected chi connectivity index (χ2v) is 5.33. The number of aliphatic hydroxyl groups is 1. The lowest BCUT2D eigenvalue weighted by atomic mass is 10.3. The topological polar surface area (TPSA) is 69.6 Å². The Labute approximate surface area is 78.8 Å². The van der Waals surface area contributed by atoms with Crippen LogP contribution in [-0.2, 0) is 10.0 Å². The molecule has 6 heteroatoms. The highest BCUT2D eigenvalue weighted by Gasteiger charge is 2.29. The Bertz CT molecular complexity index is 252. The molecule has 0 radical (unpaired) electrons. The summed E-state index contributed by atoms with van der Waals surface area (Å²) in [7, 11) is -1.33. The van der Waals surface area contributed by atoms with Gasteiger partial charge in [0.2, 0.25) is 10.0 Å². The van der Waals surface area contributed by atoms with Crippen LogP contribution in [0.3, 0.4) is 0 Å². The second kappa shape index (κ2) is 4.36. The summed E-state index contributed by atoms with van der Waals surface area (Å²) >= 11 is 0. The summed E-state index contributed by atoms with van der Waals surface area (Å²) in [6.45, 7) is 1.18. The monoisotopic (exact) mass is 208 g/mol. The van der Waals surface area contributed by atoms with Gasteiger partial charge in [-0.3, -0.25) is 0 Å². The van der Waals surface area contributed by atoms with Crippen molar-refractivity contribution in [3.05, 3.63) is 0 Å². The summed E-state index contributed by atoms with van der Waals surface area (Å²) in [6.07, 6.45) is 0.0621. The molecule has 0 aromatic heterocycles. The van der Waals surface area contributed by atoms with Crippen LogP contribution in [0.5, 0.6) is 0 Å². The van der Waals surface area contributed by atoms with Crippen molar-refractivity contribution in [2.75, 3.05) is 32.4 Å². The number of hydrogen-bond acceptors (Lipinski definition) is 4. The average Bonchev–Trinajstić information content (AvgIpc) is 2.31. The molecule has 0 aromatic rings. The molecule has 1 aliphatic heterocycles. The van der Waals surface area contributed by atoms with Crippen molar-refractivity contribution in [3.63, 3.8) is 0 Å². The van der Waals surface area contributed by atoms with Gasteiger partial charge in [-0.25, -0.2) is 8.42 Å². The first kappa shape index (κ1) is 10.9. The van der Waals surface area contributed by atoms with Crippen LogP contribution in [0.1, 0.15) is 6.42 Å². The molecule has 1 saturated heterocycles. The predicted molar refractivity (Wildman–Crippen MR) is 49.9 cm³/mol. The largest absolute Gasteiger partial charge is 0.390 e. The van der Waals surface area contributed by atoms with Crippen LogP contribution in [-0.4, -0.2) is 56.4 Å². The lowest BCUT2D eigenvalue weighted by Crippen LogP contribution is -2.38. The molecule has 1 rings (SSSR count). The number of rotatable bonds is 4. The molecule has 0 bridgehead atoms. The first-order valence-electron chi connectivity index (χ1n) is 4.37. The van der Waals surface area contributed by atoms with Crippen LogP contribution in [0, 0.1) is 0 Å². The zero-order valence-electron chi connectivity index (χ0n) is 7.73. The molecule has 5 nitrogen and oxygen atoms in total. The van der Waals surface area contributed by atoms with Crippen molar-refractivity contribution in [1.82, 2.24) is 9.62 Å². The van der Waals surface area contributed by atoms with Gasteiger partial charge >= 0.3 is 0 Å². The standard InChI is InChI=1S/C7H16N2O3S/c1-8-5-7(10)6-9-3-2-4-13(9,11)12/h7-8,10H,2-6H2,1H3. The van der Waals surface area contributed by atoms with Crippen molar-refractivity contribution in [3.8, 4) is 0 Å². The van der Waals surface area contributed by atoms with E-state index < -0.39 is 16.1 Å². The molecule has 13 heavy (non-hydrogen) atoms. The average molecular weight is 208 g/mol. The van der Waals surface area contributed by atoms with Crippen LogP contribution >= 0.6 is 0 Å². The van der Waals surface area contributed by atoms with E-state index in [1.807, 2.05) is 0 Å². The number of nitrogens with one attached hydrogen (secondary N) is 1. The second-order valence-electron chi connectivity index (χ2n) is 3.24. The lowest BCUT2D eigenvalue weighted by Gasteiger charge is -2.18.